The second-order valence-corrected chi connectivity index (χ2v) is 9.45. The van der Waals surface area contributed by atoms with E-state index >= 15 is 0 Å². The van der Waals surface area contributed by atoms with Crippen LogP contribution in [0.25, 0.3) is 0 Å². The highest BCUT2D eigenvalue weighted by Gasteiger charge is 2.43. The van der Waals surface area contributed by atoms with E-state index in [2.05, 4.69) is 6.58 Å². The number of rotatable bonds is 6. The molecular weight excluding hydrogens is 284 g/mol. The molecule has 1 rings (SSSR count). The molecule has 0 unspecified atom stereocenters. The minimum Gasteiger partial charge on any atom is -0.239 e. The Kier molecular flexibility index (Phi) is 5.89. The summed E-state index contributed by atoms with van der Waals surface area (Å²) in [6.07, 6.45) is 0. The third kappa shape index (κ3) is 6.11. The molecule has 0 heterocycles. The summed E-state index contributed by atoms with van der Waals surface area (Å²) in [5.41, 5.74) is 0.738. The molecule has 5 heteroatoms. The first kappa shape index (κ1) is 18.1. The van der Waals surface area contributed by atoms with E-state index in [0.717, 1.165) is 5.19 Å². The Morgan fingerprint density at radius 3 is 1.62 bits per heavy atom. The summed E-state index contributed by atoms with van der Waals surface area (Å²) >= 11 is 0. The smallest absolute Gasteiger partial charge is 0.239 e. The van der Waals surface area contributed by atoms with E-state index < -0.39 is 19.8 Å². The first-order valence-corrected chi connectivity index (χ1v) is 8.90. The van der Waals surface area contributed by atoms with E-state index in [4.69, 9.17) is 18.9 Å². The molecule has 0 aliphatic rings. The molecule has 0 aromatic heterocycles. The molecule has 0 radical (unpaired) electrons. The van der Waals surface area contributed by atoms with Gasteiger partial charge < -0.3 is 0 Å². The molecule has 0 amide bonds. The lowest BCUT2D eigenvalue weighted by Crippen LogP contribution is -2.54. The van der Waals surface area contributed by atoms with Gasteiger partial charge in [0.2, 0.25) is 0 Å². The maximum absolute atomic E-state index is 5.70. The monoisotopic (exact) mass is 310 g/mol. The minimum atomic E-state index is -3.05. The van der Waals surface area contributed by atoms with Gasteiger partial charge in [-0.25, -0.2) is 18.9 Å². The van der Waals surface area contributed by atoms with Crippen LogP contribution in [0.1, 0.15) is 41.5 Å². The van der Waals surface area contributed by atoms with Crippen molar-refractivity contribution in [1.82, 2.24) is 0 Å². The SMILES string of the molecule is C=C[Si](OOC(C)(C)C)(OOC(C)(C)C)c1ccccc1. The maximum atomic E-state index is 5.70. The summed E-state index contributed by atoms with van der Waals surface area (Å²) in [7, 11) is -3.05. The fourth-order valence-corrected chi connectivity index (χ4v) is 3.34. The highest BCUT2D eigenvalue weighted by molar-refractivity contribution is 6.85. The zero-order valence-corrected chi connectivity index (χ0v) is 14.8. The summed E-state index contributed by atoms with van der Waals surface area (Å²) in [6.45, 7) is 15.3. The van der Waals surface area contributed by atoms with Crippen molar-refractivity contribution in [3.8, 4) is 0 Å². The molecule has 118 valence electrons. The first-order chi connectivity index (χ1) is 9.58. The van der Waals surface area contributed by atoms with Crippen molar-refractivity contribution in [3.05, 3.63) is 42.6 Å². The number of hydrogen-bond donors (Lipinski definition) is 0. The van der Waals surface area contributed by atoms with Crippen LogP contribution in [0.4, 0.5) is 0 Å². The highest BCUT2D eigenvalue weighted by atomic mass is 28.4. The van der Waals surface area contributed by atoms with Crippen LogP contribution < -0.4 is 5.19 Å². The second kappa shape index (κ2) is 6.85. The van der Waals surface area contributed by atoms with Crippen molar-refractivity contribution in [2.45, 2.75) is 52.7 Å². The predicted octanol–water partition coefficient (Wildman–Crippen LogP) is 3.55. The van der Waals surface area contributed by atoms with Gasteiger partial charge in [-0.15, -0.1) is 6.58 Å². The van der Waals surface area contributed by atoms with Gasteiger partial charge >= 0.3 is 8.56 Å². The fraction of sp³-hybridized carbons (Fsp3) is 0.500. The molecule has 1 aromatic carbocycles. The molecule has 0 N–H and O–H groups in total. The standard InChI is InChI=1S/C16H26O4Si/c1-8-21(19-17-15(2,3)4,20-18-16(5,6)7)14-12-10-9-11-13-14/h8-13H,1H2,2-7H3. The van der Waals surface area contributed by atoms with Crippen molar-refractivity contribution in [3.63, 3.8) is 0 Å². The van der Waals surface area contributed by atoms with Gasteiger partial charge in [-0.2, -0.15) is 0 Å². The van der Waals surface area contributed by atoms with Crippen molar-refractivity contribution >= 4 is 13.7 Å². The summed E-state index contributed by atoms with van der Waals surface area (Å²) in [4.78, 5) is 11.0. The summed E-state index contributed by atoms with van der Waals surface area (Å²) < 4.78 is 11.4. The van der Waals surface area contributed by atoms with Gasteiger partial charge in [0, 0.05) is 5.19 Å². The average Bonchev–Trinajstić information content (AvgIpc) is 2.38. The van der Waals surface area contributed by atoms with Crippen LogP contribution in [0, 0.1) is 0 Å². The Hall–Kier alpha value is -0.983. The van der Waals surface area contributed by atoms with E-state index in [1.807, 2.05) is 71.9 Å². The van der Waals surface area contributed by atoms with Crippen molar-refractivity contribution in [2.24, 2.45) is 0 Å². The van der Waals surface area contributed by atoms with E-state index in [9.17, 15) is 0 Å². The third-order valence-corrected chi connectivity index (χ3v) is 4.61. The zero-order valence-electron chi connectivity index (χ0n) is 13.8. The van der Waals surface area contributed by atoms with Crippen LogP contribution in [0.5, 0.6) is 0 Å². The second-order valence-electron chi connectivity index (χ2n) is 6.80. The first-order valence-electron chi connectivity index (χ1n) is 7.01. The Labute approximate surface area is 128 Å². The van der Waals surface area contributed by atoms with Crippen molar-refractivity contribution in [1.29, 1.82) is 0 Å². The zero-order chi connectivity index (χ0) is 16.1. The van der Waals surface area contributed by atoms with Crippen molar-refractivity contribution < 1.29 is 18.9 Å². The quantitative estimate of drug-likeness (QED) is 0.457. The summed E-state index contributed by atoms with van der Waals surface area (Å²) in [5.74, 6) is 0. The number of hydrogen-bond acceptors (Lipinski definition) is 4. The van der Waals surface area contributed by atoms with Gasteiger partial charge in [0.1, 0.15) is 0 Å². The molecule has 1 aromatic rings. The van der Waals surface area contributed by atoms with Crippen LogP contribution in [0.15, 0.2) is 42.6 Å². The van der Waals surface area contributed by atoms with Crippen molar-refractivity contribution in [2.75, 3.05) is 0 Å². The van der Waals surface area contributed by atoms with Crippen LogP contribution in [0.3, 0.4) is 0 Å². The highest BCUT2D eigenvalue weighted by Crippen LogP contribution is 2.19. The largest absolute Gasteiger partial charge is 0.463 e. The van der Waals surface area contributed by atoms with Gasteiger partial charge in [0.05, 0.1) is 11.2 Å². The molecular formula is C16H26O4Si. The fourth-order valence-electron chi connectivity index (χ4n) is 1.34. The topological polar surface area (TPSA) is 36.9 Å². The lowest BCUT2D eigenvalue weighted by molar-refractivity contribution is -0.343. The molecule has 0 aliphatic carbocycles. The summed E-state index contributed by atoms with van der Waals surface area (Å²) in [6, 6.07) is 9.61. The van der Waals surface area contributed by atoms with Crippen LogP contribution in [-0.2, 0) is 18.9 Å². The maximum Gasteiger partial charge on any atom is 0.463 e. The minimum absolute atomic E-state index is 0.457. The van der Waals surface area contributed by atoms with Crippen LogP contribution in [-0.4, -0.2) is 19.8 Å². The van der Waals surface area contributed by atoms with E-state index in [1.165, 1.54) is 0 Å². The molecule has 0 bridgehead atoms. The Bertz CT molecular complexity index is 428. The molecule has 0 aliphatic heterocycles. The van der Waals surface area contributed by atoms with E-state index in [1.54, 1.807) is 5.70 Å². The Balaban J connectivity index is 3.04. The van der Waals surface area contributed by atoms with E-state index in [0.29, 0.717) is 0 Å². The molecule has 4 nitrogen and oxygen atoms in total. The van der Waals surface area contributed by atoms with Gasteiger partial charge in [-0.1, -0.05) is 30.3 Å². The van der Waals surface area contributed by atoms with Gasteiger partial charge in [-0.3, -0.25) is 0 Å². The average molecular weight is 310 g/mol. The molecule has 0 fully saturated rings. The third-order valence-electron chi connectivity index (χ3n) is 2.28. The molecule has 21 heavy (non-hydrogen) atoms. The number of benzene rings is 1. The lowest BCUT2D eigenvalue weighted by Gasteiger charge is -2.31. The van der Waals surface area contributed by atoms with Crippen LogP contribution in [0.2, 0.25) is 0 Å². The molecule has 0 spiro atoms. The molecule has 0 saturated heterocycles. The lowest BCUT2D eigenvalue weighted by atomic mass is 10.2. The Morgan fingerprint density at radius 2 is 1.29 bits per heavy atom. The van der Waals surface area contributed by atoms with Gasteiger partial charge in [0.15, 0.2) is 0 Å². The van der Waals surface area contributed by atoms with Gasteiger partial charge in [0.25, 0.3) is 0 Å². The van der Waals surface area contributed by atoms with E-state index in [-0.39, 0.29) is 0 Å². The summed E-state index contributed by atoms with van der Waals surface area (Å²) in [5, 5.41) is 0.869. The normalized spacial score (nSPS) is 13.2. The Morgan fingerprint density at radius 1 is 0.857 bits per heavy atom. The van der Waals surface area contributed by atoms with Gasteiger partial charge in [-0.05, 0) is 47.2 Å². The molecule has 0 saturated carbocycles. The molecule has 0 atom stereocenters. The predicted molar refractivity (Wildman–Crippen MR) is 85.9 cm³/mol. The van der Waals surface area contributed by atoms with Crippen LogP contribution >= 0.6 is 0 Å².